The van der Waals surface area contributed by atoms with Crippen molar-refractivity contribution in [2.24, 2.45) is 0 Å². The van der Waals surface area contributed by atoms with Gasteiger partial charge in [0, 0.05) is 6.42 Å². The minimum atomic E-state index is -0.220. The Morgan fingerprint density at radius 3 is 2.57 bits per heavy atom. The van der Waals surface area contributed by atoms with Gasteiger partial charge in [-0.3, -0.25) is 0 Å². The molecule has 0 aliphatic carbocycles. The van der Waals surface area contributed by atoms with E-state index in [1.165, 1.54) is 12.8 Å². The van der Waals surface area contributed by atoms with Crippen molar-refractivity contribution in [1.82, 2.24) is 0 Å². The van der Waals surface area contributed by atoms with E-state index in [9.17, 15) is 0 Å². The fraction of sp³-hybridized carbons (Fsp3) is 0.750. The third-order valence-electron chi connectivity index (χ3n) is 2.05. The number of allylic oxidation sites excluding steroid dienone is 1. The van der Waals surface area contributed by atoms with Gasteiger partial charge in [-0.2, -0.15) is 5.26 Å². The summed E-state index contributed by atoms with van der Waals surface area (Å²) < 4.78 is 0. The van der Waals surface area contributed by atoms with Crippen molar-refractivity contribution in [3.63, 3.8) is 0 Å². The predicted molar refractivity (Wildman–Crippen MR) is 58.8 cm³/mol. The van der Waals surface area contributed by atoms with E-state index in [2.05, 4.69) is 12.1 Å². The van der Waals surface area contributed by atoms with Gasteiger partial charge in [0.25, 0.3) is 0 Å². The maximum atomic E-state index is 8.97. The molecule has 0 amide bonds. The van der Waals surface area contributed by atoms with Gasteiger partial charge >= 0.3 is 0 Å². The van der Waals surface area contributed by atoms with E-state index >= 15 is 0 Å². The van der Waals surface area contributed by atoms with Crippen molar-refractivity contribution in [3.8, 4) is 6.07 Å². The quantitative estimate of drug-likeness (QED) is 0.477. The Labute approximate surface area is 87.3 Å². The largest absolute Gasteiger partial charge is 0.393 e. The normalized spacial score (nSPS) is 12.9. The second-order valence-electron chi connectivity index (χ2n) is 3.67. The lowest BCUT2D eigenvalue weighted by molar-refractivity contribution is 0.198. The summed E-state index contributed by atoms with van der Waals surface area (Å²) in [5.74, 6) is 0. The molecule has 0 saturated carbocycles. The van der Waals surface area contributed by atoms with E-state index in [1.807, 2.05) is 6.08 Å². The van der Waals surface area contributed by atoms with Gasteiger partial charge < -0.3 is 5.11 Å². The van der Waals surface area contributed by atoms with Crippen molar-refractivity contribution in [2.75, 3.05) is 0 Å². The van der Waals surface area contributed by atoms with E-state index in [1.54, 1.807) is 6.92 Å². The number of hydrogen-bond acceptors (Lipinski definition) is 2. The summed E-state index contributed by atoms with van der Waals surface area (Å²) in [5.41, 5.74) is 0. The SMILES string of the molecule is CC(O)C/C=C/CCCCCCC#N. The molecular formula is C12H21NO. The van der Waals surface area contributed by atoms with Gasteiger partial charge in [0.2, 0.25) is 0 Å². The monoisotopic (exact) mass is 195 g/mol. The van der Waals surface area contributed by atoms with Crippen LogP contribution in [0.15, 0.2) is 12.2 Å². The summed E-state index contributed by atoms with van der Waals surface area (Å²) in [4.78, 5) is 0. The van der Waals surface area contributed by atoms with Gasteiger partial charge in [0.1, 0.15) is 0 Å². The fourth-order valence-electron chi connectivity index (χ4n) is 1.23. The van der Waals surface area contributed by atoms with Crippen LogP contribution in [-0.4, -0.2) is 11.2 Å². The summed E-state index contributed by atoms with van der Waals surface area (Å²) in [7, 11) is 0. The third-order valence-corrected chi connectivity index (χ3v) is 2.05. The lowest BCUT2D eigenvalue weighted by Gasteiger charge is -1.97. The average Bonchev–Trinajstić information content (AvgIpc) is 2.15. The van der Waals surface area contributed by atoms with Gasteiger partial charge in [-0.1, -0.05) is 25.0 Å². The van der Waals surface area contributed by atoms with Gasteiger partial charge in [-0.25, -0.2) is 0 Å². The Morgan fingerprint density at radius 1 is 1.21 bits per heavy atom. The van der Waals surface area contributed by atoms with Crippen LogP contribution in [0.5, 0.6) is 0 Å². The number of nitrogens with zero attached hydrogens (tertiary/aromatic N) is 1. The lowest BCUT2D eigenvalue weighted by atomic mass is 10.1. The highest BCUT2D eigenvalue weighted by Gasteiger charge is 1.90. The zero-order valence-corrected chi connectivity index (χ0v) is 9.08. The molecule has 2 nitrogen and oxygen atoms in total. The number of aliphatic hydroxyl groups is 1. The molecule has 0 fully saturated rings. The highest BCUT2D eigenvalue weighted by Crippen LogP contribution is 2.05. The number of aliphatic hydroxyl groups excluding tert-OH is 1. The van der Waals surface area contributed by atoms with Crippen molar-refractivity contribution in [3.05, 3.63) is 12.2 Å². The van der Waals surface area contributed by atoms with Crippen molar-refractivity contribution >= 4 is 0 Å². The molecular weight excluding hydrogens is 174 g/mol. The van der Waals surface area contributed by atoms with Crippen LogP contribution in [0.1, 0.15) is 51.9 Å². The summed E-state index contributed by atoms with van der Waals surface area (Å²) in [5, 5.41) is 17.3. The Kier molecular flexibility index (Phi) is 9.68. The number of hydrogen-bond donors (Lipinski definition) is 1. The van der Waals surface area contributed by atoms with Crippen molar-refractivity contribution in [1.29, 1.82) is 5.26 Å². The second kappa shape index (κ2) is 10.3. The molecule has 1 atom stereocenters. The van der Waals surface area contributed by atoms with Crippen LogP contribution in [0.4, 0.5) is 0 Å². The molecule has 0 heterocycles. The topological polar surface area (TPSA) is 44.0 Å². The van der Waals surface area contributed by atoms with E-state index in [0.29, 0.717) is 6.42 Å². The molecule has 0 aromatic carbocycles. The highest BCUT2D eigenvalue weighted by atomic mass is 16.3. The molecule has 14 heavy (non-hydrogen) atoms. The minimum absolute atomic E-state index is 0.220. The summed E-state index contributed by atoms with van der Waals surface area (Å²) in [6, 6.07) is 2.15. The van der Waals surface area contributed by atoms with E-state index in [4.69, 9.17) is 10.4 Å². The smallest absolute Gasteiger partial charge is 0.0621 e. The zero-order valence-electron chi connectivity index (χ0n) is 9.08. The standard InChI is InChI=1S/C12H21NO/c1-12(14)10-8-6-4-2-3-5-7-9-11-13/h6,8,12,14H,2-5,7,9-10H2,1H3/b8-6+. The van der Waals surface area contributed by atoms with Crippen molar-refractivity contribution < 1.29 is 5.11 Å². The summed E-state index contributed by atoms with van der Waals surface area (Å²) >= 11 is 0. The van der Waals surface area contributed by atoms with Crippen LogP contribution in [0.25, 0.3) is 0 Å². The predicted octanol–water partition coefficient (Wildman–Crippen LogP) is 3.18. The molecule has 80 valence electrons. The zero-order chi connectivity index (χ0) is 10.6. The number of rotatable bonds is 8. The molecule has 0 aromatic rings. The average molecular weight is 195 g/mol. The van der Waals surface area contributed by atoms with E-state index in [-0.39, 0.29) is 6.10 Å². The Morgan fingerprint density at radius 2 is 1.93 bits per heavy atom. The molecule has 0 spiro atoms. The molecule has 0 saturated heterocycles. The van der Waals surface area contributed by atoms with Gasteiger partial charge in [-0.15, -0.1) is 0 Å². The number of nitriles is 1. The molecule has 0 aromatic heterocycles. The van der Waals surface area contributed by atoms with E-state index < -0.39 is 0 Å². The molecule has 0 aliphatic heterocycles. The van der Waals surface area contributed by atoms with Crippen LogP contribution in [0.2, 0.25) is 0 Å². The Bertz CT molecular complexity index is 179. The van der Waals surface area contributed by atoms with Crippen LogP contribution < -0.4 is 0 Å². The first kappa shape index (κ1) is 13.2. The second-order valence-corrected chi connectivity index (χ2v) is 3.67. The van der Waals surface area contributed by atoms with E-state index in [0.717, 1.165) is 25.7 Å². The van der Waals surface area contributed by atoms with Crippen LogP contribution in [0, 0.1) is 11.3 Å². The lowest BCUT2D eigenvalue weighted by Crippen LogP contribution is -1.95. The molecule has 0 bridgehead atoms. The Hall–Kier alpha value is -0.810. The summed E-state index contributed by atoms with van der Waals surface area (Å²) in [6.07, 6.45) is 11.1. The minimum Gasteiger partial charge on any atom is -0.393 e. The fourth-order valence-corrected chi connectivity index (χ4v) is 1.23. The van der Waals surface area contributed by atoms with Gasteiger partial charge in [-0.05, 0) is 32.6 Å². The Balaban J connectivity index is 3.06. The van der Waals surface area contributed by atoms with Crippen LogP contribution in [-0.2, 0) is 0 Å². The highest BCUT2D eigenvalue weighted by molar-refractivity contribution is 4.82. The first-order valence-corrected chi connectivity index (χ1v) is 5.47. The molecule has 1 N–H and O–H groups in total. The first-order valence-electron chi connectivity index (χ1n) is 5.47. The molecule has 0 rings (SSSR count). The third kappa shape index (κ3) is 11.2. The maximum absolute atomic E-state index is 8.97. The van der Waals surface area contributed by atoms with Crippen LogP contribution in [0.3, 0.4) is 0 Å². The first-order chi connectivity index (χ1) is 6.77. The van der Waals surface area contributed by atoms with Gasteiger partial charge in [0.05, 0.1) is 12.2 Å². The molecule has 0 aliphatic rings. The van der Waals surface area contributed by atoms with Crippen LogP contribution >= 0.6 is 0 Å². The molecule has 0 radical (unpaired) electrons. The summed E-state index contributed by atoms with van der Waals surface area (Å²) in [6.45, 7) is 1.80. The molecule has 2 heteroatoms. The number of unbranched alkanes of at least 4 members (excludes halogenated alkanes) is 5. The molecule has 1 unspecified atom stereocenters. The van der Waals surface area contributed by atoms with Crippen molar-refractivity contribution in [2.45, 2.75) is 58.0 Å². The van der Waals surface area contributed by atoms with Gasteiger partial charge in [0.15, 0.2) is 0 Å². The maximum Gasteiger partial charge on any atom is 0.0621 e.